The number of carbonyl (C=O) groups excluding carboxylic acids is 1. The highest BCUT2D eigenvalue weighted by Gasteiger charge is 2.17. The van der Waals surface area contributed by atoms with Gasteiger partial charge in [-0.15, -0.1) is 0 Å². The van der Waals surface area contributed by atoms with Gasteiger partial charge in [0.05, 0.1) is 12.7 Å². The lowest BCUT2D eigenvalue weighted by Crippen LogP contribution is -2.04. The molecule has 0 aliphatic carbocycles. The summed E-state index contributed by atoms with van der Waals surface area (Å²) in [6.07, 6.45) is 0. The van der Waals surface area contributed by atoms with Gasteiger partial charge in [-0.1, -0.05) is 24.3 Å². The normalized spacial score (nSPS) is 10.1. The maximum atomic E-state index is 13.6. The standard InChI is InChI=1S/C15H11FO4/c1-20-15(19)10-5-2-4-9(8-10)11-6-3-7-12(16)13(11)14(17)18/h2-8H,1H3,(H,17,18). The number of rotatable bonds is 3. The third-order valence-corrected chi connectivity index (χ3v) is 2.82. The van der Waals surface area contributed by atoms with Crippen LogP contribution in [0.15, 0.2) is 42.5 Å². The smallest absolute Gasteiger partial charge is 0.339 e. The lowest BCUT2D eigenvalue weighted by molar-refractivity contribution is 0.0600. The Morgan fingerprint density at radius 2 is 1.85 bits per heavy atom. The highest BCUT2D eigenvalue weighted by molar-refractivity contribution is 5.97. The van der Waals surface area contributed by atoms with Crippen LogP contribution in [0, 0.1) is 5.82 Å². The number of benzene rings is 2. The maximum Gasteiger partial charge on any atom is 0.339 e. The van der Waals surface area contributed by atoms with E-state index in [1.54, 1.807) is 12.1 Å². The molecular formula is C15H11FO4. The van der Waals surface area contributed by atoms with Crippen LogP contribution < -0.4 is 0 Å². The van der Waals surface area contributed by atoms with Crippen molar-refractivity contribution in [1.29, 1.82) is 0 Å². The van der Waals surface area contributed by atoms with Crippen molar-refractivity contribution < 1.29 is 23.8 Å². The summed E-state index contributed by atoms with van der Waals surface area (Å²) in [5, 5.41) is 9.10. The number of carbonyl (C=O) groups is 2. The Balaban J connectivity index is 2.60. The Labute approximate surface area is 114 Å². The first-order valence-corrected chi connectivity index (χ1v) is 5.75. The van der Waals surface area contributed by atoms with E-state index in [2.05, 4.69) is 4.74 Å². The van der Waals surface area contributed by atoms with Crippen molar-refractivity contribution in [2.24, 2.45) is 0 Å². The molecule has 2 rings (SSSR count). The number of carboxylic acid groups (broad SMARTS) is 1. The number of aromatic carboxylic acids is 1. The zero-order valence-corrected chi connectivity index (χ0v) is 10.6. The molecule has 20 heavy (non-hydrogen) atoms. The number of ether oxygens (including phenoxy) is 1. The lowest BCUT2D eigenvalue weighted by atomic mass is 9.97. The maximum absolute atomic E-state index is 13.6. The van der Waals surface area contributed by atoms with Gasteiger partial charge in [0.1, 0.15) is 11.4 Å². The molecule has 2 aromatic rings. The summed E-state index contributed by atoms with van der Waals surface area (Å²) in [6.45, 7) is 0. The molecule has 0 aromatic heterocycles. The zero-order chi connectivity index (χ0) is 14.7. The van der Waals surface area contributed by atoms with Crippen molar-refractivity contribution in [1.82, 2.24) is 0 Å². The van der Waals surface area contributed by atoms with Crippen molar-refractivity contribution in [3.8, 4) is 11.1 Å². The van der Waals surface area contributed by atoms with Crippen molar-refractivity contribution in [3.63, 3.8) is 0 Å². The lowest BCUT2D eigenvalue weighted by Gasteiger charge is -2.08. The van der Waals surface area contributed by atoms with E-state index in [0.717, 1.165) is 6.07 Å². The van der Waals surface area contributed by atoms with E-state index in [1.807, 2.05) is 0 Å². The summed E-state index contributed by atoms with van der Waals surface area (Å²) in [6, 6.07) is 10.2. The molecule has 0 aliphatic rings. The summed E-state index contributed by atoms with van der Waals surface area (Å²) in [5.74, 6) is -2.72. The predicted octanol–water partition coefficient (Wildman–Crippen LogP) is 2.98. The number of carboxylic acids is 1. The minimum absolute atomic E-state index is 0.211. The van der Waals surface area contributed by atoms with E-state index in [4.69, 9.17) is 5.11 Å². The second-order valence-corrected chi connectivity index (χ2v) is 4.04. The molecule has 1 N–H and O–H groups in total. The fraction of sp³-hybridized carbons (Fsp3) is 0.0667. The van der Waals surface area contributed by atoms with Crippen molar-refractivity contribution in [3.05, 3.63) is 59.4 Å². The van der Waals surface area contributed by atoms with Gasteiger partial charge < -0.3 is 9.84 Å². The van der Waals surface area contributed by atoms with Gasteiger partial charge in [0.25, 0.3) is 0 Å². The Bertz CT molecular complexity index is 679. The molecule has 0 amide bonds. The van der Waals surface area contributed by atoms with Crippen molar-refractivity contribution in [2.75, 3.05) is 7.11 Å². The van der Waals surface area contributed by atoms with Crippen LogP contribution >= 0.6 is 0 Å². The van der Waals surface area contributed by atoms with Crippen LogP contribution in [0.5, 0.6) is 0 Å². The molecule has 0 heterocycles. The van der Waals surface area contributed by atoms with Gasteiger partial charge in [-0.05, 0) is 29.3 Å². The van der Waals surface area contributed by atoms with E-state index in [9.17, 15) is 14.0 Å². The molecule has 0 unspecified atom stereocenters. The topological polar surface area (TPSA) is 63.6 Å². The first kappa shape index (κ1) is 13.7. The molecular weight excluding hydrogens is 263 g/mol. The highest BCUT2D eigenvalue weighted by atomic mass is 19.1. The third-order valence-electron chi connectivity index (χ3n) is 2.82. The number of methoxy groups -OCH3 is 1. The molecule has 0 saturated heterocycles. The number of esters is 1. The summed E-state index contributed by atoms with van der Waals surface area (Å²) >= 11 is 0. The van der Waals surface area contributed by atoms with E-state index in [-0.39, 0.29) is 11.1 Å². The second-order valence-electron chi connectivity index (χ2n) is 4.04. The van der Waals surface area contributed by atoms with Crippen LogP contribution in [0.3, 0.4) is 0 Å². The zero-order valence-electron chi connectivity index (χ0n) is 10.6. The van der Waals surface area contributed by atoms with E-state index in [1.165, 1.54) is 31.4 Å². The largest absolute Gasteiger partial charge is 0.478 e. The van der Waals surface area contributed by atoms with E-state index >= 15 is 0 Å². The fourth-order valence-electron chi connectivity index (χ4n) is 1.91. The Morgan fingerprint density at radius 1 is 1.15 bits per heavy atom. The second kappa shape index (κ2) is 5.52. The predicted molar refractivity (Wildman–Crippen MR) is 70.1 cm³/mol. The van der Waals surface area contributed by atoms with Gasteiger partial charge in [0.15, 0.2) is 0 Å². The minimum Gasteiger partial charge on any atom is -0.478 e. The Kier molecular flexibility index (Phi) is 3.79. The molecule has 5 heteroatoms. The van der Waals surface area contributed by atoms with E-state index in [0.29, 0.717) is 5.56 Å². The first-order valence-electron chi connectivity index (χ1n) is 5.75. The average Bonchev–Trinajstić information content (AvgIpc) is 2.45. The average molecular weight is 274 g/mol. The van der Waals surface area contributed by atoms with Crippen LogP contribution in [-0.2, 0) is 4.74 Å². The number of hydrogen-bond donors (Lipinski definition) is 1. The third kappa shape index (κ3) is 2.51. The van der Waals surface area contributed by atoms with Gasteiger partial charge >= 0.3 is 11.9 Å². The van der Waals surface area contributed by atoms with Crippen LogP contribution in [0.25, 0.3) is 11.1 Å². The van der Waals surface area contributed by atoms with Crippen molar-refractivity contribution >= 4 is 11.9 Å². The van der Waals surface area contributed by atoms with Crippen LogP contribution in [-0.4, -0.2) is 24.2 Å². The monoisotopic (exact) mass is 274 g/mol. The summed E-state index contributed by atoms with van der Waals surface area (Å²) in [5.41, 5.74) is 0.494. The van der Waals surface area contributed by atoms with Crippen LogP contribution in [0.4, 0.5) is 4.39 Å². The van der Waals surface area contributed by atoms with Gasteiger partial charge in [-0.3, -0.25) is 0 Å². The van der Waals surface area contributed by atoms with Gasteiger partial charge in [0.2, 0.25) is 0 Å². The van der Waals surface area contributed by atoms with Crippen LogP contribution in [0.1, 0.15) is 20.7 Å². The molecule has 2 aromatic carbocycles. The number of hydrogen-bond acceptors (Lipinski definition) is 3. The molecule has 102 valence electrons. The summed E-state index contributed by atoms with van der Waals surface area (Å²) in [4.78, 5) is 22.6. The van der Waals surface area contributed by atoms with Gasteiger partial charge in [0, 0.05) is 0 Å². The van der Waals surface area contributed by atoms with Gasteiger partial charge in [-0.25, -0.2) is 14.0 Å². The minimum atomic E-state index is -1.36. The molecule has 0 bridgehead atoms. The molecule has 0 fully saturated rings. The SMILES string of the molecule is COC(=O)c1cccc(-c2cccc(F)c2C(=O)O)c1. The molecule has 0 radical (unpaired) electrons. The molecule has 0 atom stereocenters. The first-order chi connectivity index (χ1) is 9.54. The van der Waals surface area contributed by atoms with Crippen molar-refractivity contribution in [2.45, 2.75) is 0 Å². The molecule has 0 spiro atoms. The fourth-order valence-corrected chi connectivity index (χ4v) is 1.91. The molecule has 0 aliphatic heterocycles. The summed E-state index contributed by atoms with van der Waals surface area (Å²) < 4.78 is 18.2. The number of halogens is 1. The quantitative estimate of drug-likeness (QED) is 0.874. The summed E-state index contributed by atoms with van der Waals surface area (Å²) in [7, 11) is 1.25. The Morgan fingerprint density at radius 3 is 2.50 bits per heavy atom. The van der Waals surface area contributed by atoms with Crippen LogP contribution in [0.2, 0.25) is 0 Å². The molecule has 0 saturated carbocycles. The van der Waals surface area contributed by atoms with E-state index < -0.39 is 23.3 Å². The molecule has 4 nitrogen and oxygen atoms in total. The Hall–Kier alpha value is -2.69. The van der Waals surface area contributed by atoms with Gasteiger partial charge in [-0.2, -0.15) is 0 Å². The highest BCUT2D eigenvalue weighted by Crippen LogP contribution is 2.26.